The summed E-state index contributed by atoms with van der Waals surface area (Å²) in [6, 6.07) is 0.400. The van der Waals surface area contributed by atoms with Crippen LogP contribution in [0.4, 0.5) is 0 Å². The van der Waals surface area contributed by atoms with Crippen molar-refractivity contribution < 1.29 is 8.42 Å². The molecule has 0 aromatic rings. The van der Waals surface area contributed by atoms with E-state index in [0.29, 0.717) is 31.4 Å². The third-order valence-electron chi connectivity index (χ3n) is 4.80. The average Bonchev–Trinajstić information content (AvgIpc) is 2.54. The van der Waals surface area contributed by atoms with E-state index in [1.165, 1.54) is 31.9 Å². The summed E-state index contributed by atoms with van der Waals surface area (Å²) in [5.41, 5.74) is 5.93. The first kappa shape index (κ1) is 15.6. The Kier molecular flexibility index (Phi) is 4.94. The van der Waals surface area contributed by atoms with E-state index >= 15 is 0 Å². The van der Waals surface area contributed by atoms with Crippen molar-refractivity contribution in [2.75, 3.05) is 12.8 Å². The normalized spacial score (nSPS) is 24.8. The minimum atomic E-state index is -3.05. The maximum absolute atomic E-state index is 11.9. The van der Waals surface area contributed by atoms with Gasteiger partial charge >= 0.3 is 0 Å². The van der Waals surface area contributed by atoms with Gasteiger partial charge in [-0.1, -0.05) is 32.1 Å². The summed E-state index contributed by atoms with van der Waals surface area (Å²) in [7, 11) is -3.05. The molecule has 0 atom stereocenters. The molecule has 0 unspecified atom stereocenters. The Morgan fingerprint density at radius 1 is 1.20 bits per heavy atom. The molecule has 2 aliphatic carbocycles. The highest BCUT2D eigenvalue weighted by Gasteiger charge is 2.46. The molecule has 6 heteroatoms. The molecule has 0 heterocycles. The number of rotatable bonds is 4. The highest BCUT2D eigenvalue weighted by atomic mass is 32.2. The van der Waals surface area contributed by atoms with Crippen LogP contribution in [-0.2, 0) is 9.84 Å². The van der Waals surface area contributed by atoms with E-state index in [0.717, 1.165) is 19.3 Å². The topological polar surface area (TPSA) is 84.5 Å². The lowest BCUT2D eigenvalue weighted by Gasteiger charge is -2.38. The number of hydrogen-bond acceptors (Lipinski definition) is 3. The largest absolute Gasteiger partial charge is 0.370 e. The molecule has 2 aliphatic rings. The molecule has 0 amide bonds. The molecule has 2 saturated carbocycles. The number of nitrogens with two attached hydrogens (primary N) is 1. The standard InChI is InChI=1S/C14H27N3O2S/c1-20(18,19)14(9-6-10-14)11-16-13(15)17-12-7-4-2-3-5-8-12/h12H,2-11H2,1H3,(H3,15,16,17). The second kappa shape index (κ2) is 6.33. The predicted octanol–water partition coefficient (Wildman–Crippen LogP) is 1.58. The van der Waals surface area contributed by atoms with E-state index < -0.39 is 14.6 Å². The van der Waals surface area contributed by atoms with Gasteiger partial charge in [-0.25, -0.2) is 8.42 Å². The van der Waals surface area contributed by atoms with Crippen molar-refractivity contribution in [3.8, 4) is 0 Å². The van der Waals surface area contributed by atoms with Gasteiger partial charge in [0.1, 0.15) is 0 Å². The molecule has 2 rings (SSSR count). The van der Waals surface area contributed by atoms with Crippen LogP contribution in [0.2, 0.25) is 0 Å². The highest BCUT2D eigenvalue weighted by molar-refractivity contribution is 7.92. The van der Waals surface area contributed by atoms with Crippen LogP contribution < -0.4 is 11.1 Å². The molecule has 0 aromatic heterocycles. The summed E-state index contributed by atoms with van der Waals surface area (Å²) in [6.45, 7) is 0.303. The van der Waals surface area contributed by atoms with Crippen molar-refractivity contribution in [1.29, 1.82) is 0 Å². The monoisotopic (exact) mass is 301 g/mol. The van der Waals surface area contributed by atoms with Crippen LogP contribution >= 0.6 is 0 Å². The Bertz CT molecular complexity index is 447. The van der Waals surface area contributed by atoms with E-state index in [2.05, 4.69) is 10.3 Å². The Morgan fingerprint density at radius 2 is 1.80 bits per heavy atom. The van der Waals surface area contributed by atoms with Gasteiger partial charge in [0.2, 0.25) is 0 Å². The van der Waals surface area contributed by atoms with Crippen LogP contribution in [0, 0.1) is 0 Å². The van der Waals surface area contributed by atoms with E-state index in [1.54, 1.807) is 0 Å². The minimum Gasteiger partial charge on any atom is -0.370 e. The summed E-state index contributed by atoms with van der Waals surface area (Å²) in [6.07, 6.45) is 11.0. The first-order valence-electron chi connectivity index (χ1n) is 7.69. The lowest BCUT2D eigenvalue weighted by Crippen LogP contribution is -2.48. The van der Waals surface area contributed by atoms with Gasteiger partial charge in [-0.2, -0.15) is 0 Å². The van der Waals surface area contributed by atoms with Gasteiger partial charge in [-0.3, -0.25) is 4.99 Å². The van der Waals surface area contributed by atoms with E-state index in [9.17, 15) is 8.42 Å². The van der Waals surface area contributed by atoms with Gasteiger partial charge < -0.3 is 11.1 Å². The smallest absolute Gasteiger partial charge is 0.188 e. The number of aliphatic imine (C=N–C) groups is 1. The molecule has 0 aromatic carbocycles. The predicted molar refractivity (Wildman–Crippen MR) is 82.5 cm³/mol. The van der Waals surface area contributed by atoms with E-state index in [4.69, 9.17) is 5.73 Å². The number of hydrogen-bond donors (Lipinski definition) is 2. The average molecular weight is 301 g/mol. The number of nitrogens with zero attached hydrogens (tertiary/aromatic N) is 1. The van der Waals surface area contributed by atoms with Gasteiger partial charge in [0.15, 0.2) is 15.8 Å². The van der Waals surface area contributed by atoms with Gasteiger partial charge in [0, 0.05) is 12.3 Å². The second-order valence-electron chi connectivity index (χ2n) is 6.34. The van der Waals surface area contributed by atoms with Crippen molar-refractivity contribution in [2.24, 2.45) is 10.7 Å². The number of sulfone groups is 1. The Hall–Kier alpha value is -0.780. The molecule has 0 radical (unpaired) electrons. The molecule has 2 fully saturated rings. The summed E-state index contributed by atoms with van der Waals surface area (Å²) in [4.78, 5) is 4.31. The molecular weight excluding hydrogens is 274 g/mol. The van der Waals surface area contributed by atoms with Gasteiger partial charge in [-0.05, 0) is 25.7 Å². The number of nitrogens with one attached hydrogen (secondary N) is 1. The fraction of sp³-hybridized carbons (Fsp3) is 0.929. The van der Waals surface area contributed by atoms with Gasteiger partial charge in [0.25, 0.3) is 0 Å². The zero-order chi connectivity index (χ0) is 14.6. The fourth-order valence-corrected chi connectivity index (χ4v) is 4.45. The van der Waals surface area contributed by atoms with E-state index in [1.807, 2.05) is 0 Å². The quantitative estimate of drug-likeness (QED) is 0.469. The first-order chi connectivity index (χ1) is 9.43. The fourth-order valence-electron chi connectivity index (χ4n) is 3.13. The highest BCUT2D eigenvalue weighted by Crippen LogP contribution is 2.39. The Balaban J connectivity index is 1.90. The van der Waals surface area contributed by atoms with Gasteiger partial charge in [-0.15, -0.1) is 0 Å². The van der Waals surface area contributed by atoms with Crippen LogP contribution in [0.5, 0.6) is 0 Å². The zero-order valence-electron chi connectivity index (χ0n) is 12.4. The third-order valence-corrected chi connectivity index (χ3v) is 6.91. The molecule has 5 nitrogen and oxygen atoms in total. The van der Waals surface area contributed by atoms with Crippen LogP contribution in [0.25, 0.3) is 0 Å². The molecule has 3 N–H and O–H groups in total. The maximum Gasteiger partial charge on any atom is 0.188 e. The molecule has 116 valence electrons. The molecular formula is C14H27N3O2S. The van der Waals surface area contributed by atoms with Crippen molar-refractivity contribution in [1.82, 2.24) is 5.32 Å². The molecule has 0 aliphatic heterocycles. The summed E-state index contributed by atoms with van der Waals surface area (Å²) in [5.74, 6) is 0.409. The molecule has 0 spiro atoms. The summed E-state index contributed by atoms with van der Waals surface area (Å²) >= 11 is 0. The van der Waals surface area contributed by atoms with Crippen molar-refractivity contribution in [2.45, 2.75) is 68.6 Å². The van der Waals surface area contributed by atoms with Crippen LogP contribution in [0.1, 0.15) is 57.8 Å². The zero-order valence-corrected chi connectivity index (χ0v) is 13.2. The lowest BCUT2D eigenvalue weighted by atomic mass is 9.84. The second-order valence-corrected chi connectivity index (χ2v) is 8.75. The van der Waals surface area contributed by atoms with Crippen molar-refractivity contribution >= 4 is 15.8 Å². The molecule has 0 bridgehead atoms. The Labute approximate surface area is 122 Å². The lowest BCUT2D eigenvalue weighted by molar-refractivity contribution is 0.346. The SMILES string of the molecule is CS(=O)(=O)C1(CN=C(N)NC2CCCCCC2)CCC1. The maximum atomic E-state index is 11.9. The first-order valence-corrected chi connectivity index (χ1v) is 9.58. The van der Waals surface area contributed by atoms with Crippen LogP contribution in [-0.4, -0.2) is 38.0 Å². The number of guanidine groups is 1. The van der Waals surface area contributed by atoms with Gasteiger partial charge in [0.05, 0.1) is 11.3 Å². The van der Waals surface area contributed by atoms with Crippen LogP contribution in [0.3, 0.4) is 0 Å². The Morgan fingerprint density at radius 3 is 2.25 bits per heavy atom. The van der Waals surface area contributed by atoms with Crippen LogP contribution in [0.15, 0.2) is 4.99 Å². The van der Waals surface area contributed by atoms with E-state index in [-0.39, 0.29) is 0 Å². The third kappa shape index (κ3) is 3.65. The minimum absolute atomic E-state index is 0.303. The van der Waals surface area contributed by atoms with Crippen molar-refractivity contribution in [3.05, 3.63) is 0 Å². The summed E-state index contributed by atoms with van der Waals surface area (Å²) in [5, 5.41) is 3.26. The molecule has 20 heavy (non-hydrogen) atoms. The van der Waals surface area contributed by atoms with Crippen molar-refractivity contribution in [3.63, 3.8) is 0 Å². The summed E-state index contributed by atoms with van der Waals surface area (Å²) < 4.78 is 23.1. The molecule has 0 saturated heterocycles.